The van der Waals surface area contributed by atoms with E-state index in [1.165, 1.54) is 0 Å². The second-order valence-corrected chi connectivity index (χ2v) is 6.85. The van der Waals surface area contributed by atoms with Crippen molar-refractivity contribution in [1.82, 2.24) is 4.90 Å². The Morgan fingerprint density at radius 3 is 2.04 bits per heavy atom. The van der Waals surface area contributed by atoms with Crippen LogP contribution >= 0.6 is 0 Å². The molecule has 0 aromatic carbocycles. The van der Waals surface area contributed by atoms with E-state index in [0.29, 0.717) is 6.54 Å². The van der Waals surface area contributed by atoms with E-state index in [-0.39, 0.29) is 13.2 Å². The second-order valence-electron chi connectivity index (χ2n) is 6.85. The number of likely N-dealkylation sites (tertiary alicyclic amines) is 1. The minimum absolute atomic E-state index is 0.252. The number of aliphatic hydroxyl groups is 4. The van der Waals surface area contributed by atoms with E-state index in [9.17, 15) is 20.1 Å². The molecule has 1 rings (SSSR count). The highest BCUT2D eigenvalue weighted by atomic mass is 16.3. The van der Waals surface area contributed by atoms with Gasteiger partial charge < -0.3 is 26.2 Å². The fourth-order valence-electron chi connectivity index (χ4n) is 3.61. The van der Waals surface area contributed by atoms with E-state index < -0.39 is 36.1 Å². The number of nitrogens with two attached hydrogens (primary N) is 1. The quantitative estimate of drug-likeness (QED) is 0.306. The Bertz CT molecular complexity index is 369. The summed E-state index contributed by atoms with van der Waals surface area (Å²) < 4.78 is 0. The number of unbranched alkanes of at least 4 members (excludes halogenated alkanes) is 6. The topological polar surface area (TPSA) is 127 Å². The van der Waals surface area contributed by atoms with Crippen molar-refractivity contribution in [3.05, 3.63) is 0 Å². The molecule has 6 N–H and O–H groups in total. The Balaban J connectivity index is 2.47. The molecule has 0 saturated carbocycles. The Morgan fingerprint density at radius 2 is 1.54 bits per heavy atom. The molecule has 0 aromatic heterocycles. The number of rotatable bonds is 12. The van der Waals surface area contributed by atoms with E-state index in [2.05, 4.69) is 0 Å². The number of primary amides is 1. The molecule has 1 amide bonds. The number of aliphatic hydroxyl groups excluding tert-OH is 4. The molecule has 0 aliphatic carbocycles. The van der Waals surface area contributed by atoms with Crippen molar-refractivity contribution in [2.45, 2.75) is 76.2 Å². The van der Waals surface area contributed by atoms with Crippen LogP contribution in [0.25, 0.3) is 0 Å². The standard InChI is InChI=1S/C17H34N2O5/c1-12(17(18)24)14-16(23)15(22)13(11-21)19(14)9-7-5-3-2-4-6-8-10-20/h12-16,20-23H,2-11H2,1H3,(H2,18,24). The van der Waals surface area contributed by atoms with Gasteiger partial charge in [0.1, 0.15) is 0 Å². The molecule has 7 nitrogen and oxygen atoms in total. The third kappa shape index (κ3) is 5.67. The molecule has 1 saturated heterocycles. The summed E-state index contributed by atoms with van der Waals surface area (Å²) in [5.41, 5.74) is 5.37. The fraction of sp³-hybridized carbons (Fsp3) is 0.941. The molecule has 0 radical (unpaired) electrons. The summed E-state index contributed by atoms with van der Waals surface area (Å²) in [6.45, 7) is 2.25. The molecule has 0 spiro atoms. The minimum Gasteiger partial charge on any atom is -0.396 e. The maximum atomic E-state index is 11.5. The molecule has 5 atom stereocenters. The van der Waals surface area contributed by atoms with Gasteiger partial charge in [0.15, 0.2) is 0 Å². The molecule has 0 aromatic rings. The molecule has 7 heteroatoms. The van der Waals surface area contributed by atoms with Crippen molar-refractivity contribution < 1.29 is 25.2 Å². The number of carbonyl (C=O) groups excluding carboxylic acids is 1. The van der Waals surface area contributed by atoms with Gasteiger partial charge in [0.2, 0.25) is 5.91 Å². The van der Waals surface area contributed by atoms with Crippen LogP contribution in [0.5, 0.6) is 0 Å². The normalized spacial score (nSPS) is 29.0. The maximum Gasteiger partial charge on any atom is 0.221 e. The van der Waals surface area contributed by atoms with Crippen molar-refractivity contribution in [2.75, 3.05) is 19.8 Å². The van der Waals surface area contributed by atoms with Crippen LogP contribution in [0.1, 0.15) is 51.9 Å². The number of carbonyl (C=O) groups is 1. The van der Waals surface area contributed by atoms with E-state index in [1.54, 1.807) is 6.92 Å². The van der Waals surface area contributed by atoms with Crippen molar-refractivity contribution in [2.24, 2.45) is 11.7 Å². The highest BCUT2D eigenvalue weighted by Gasteiger charge is 2.49. The minimum atomic E-state index is -1.08. The van der Waals surface area contributed by atoms with E-state index in [1.807, 2.05) is 4.90 Å². The van der Waals surface area contributed by atoms with Crippen LogP contribution in [0.15, 0.2) is 0 Å². The van der Waals surface area contributed by atoms with Gasteiger partial charge in [-0.05, 0) is 19.4 Å². The Kier molecular flexibility index (Phi) is 9.76. The fourth-order valence-corrected chi connectivity index (χ4v) is 3.61. The van der Waals surface area contributed by atoms with Crippen LogP contribution in [0.3, 0.4) is 0 Å². The molecule has 142 valence electrons. The van der Waals surface area contributed by atoms with Gasteiger partial charge in [-0.1, -0.05) is 39.0 Å². The molecule has 1 heterocycles. The molecule has 1 fully saturated rings. The summed E-state index contributed by atoms with van der Waals surface area (Å²) in [6, 6.07) is -1.12. The SMILES string of the molecule is CC(C(N)=O)C1C(O)C(O)C(CO)N1CCCCCCCCCO. The van der Waals surface area contributed by atoms with Crippen molar-refractivity contribution >= 4 is 5.91 Å². The third-order valence-electron chi connectivity index (χ3n) is 5.13. The zero-order chi connectivity index (χ0) is 18.1. The van der Waals surface area contributed by atoms with Gasteiger partial charge in [0.05, 0.1) is 30.8 Å². The molecule has 5 unspecified atom stereocenters. The second kappa shape index (κ2) is 11.0. The van der Waals surface area contributed by atoms with Crippen LogP contribution in [0.4, 0.5) is 0 Å². The monoisotopic (exact) mass is 346 g/mol. The van der Waals surface area contributed by atoms with E-state index in [4.69, 9.17) is 10.8 Å². The zero-order valence-corrected chi connectivity index (χ0v) is 14.7. The average Bonchev–Trinajstić information content (AvgIpc) is 2.79. The Labute approximate surface area is 144 Å². The first-order chi connectivity index (χ1) is 11.5. The van der Waals surface area contributed by atoms with Crippen LogP contribution in [-0.4, -0.2) is 75.3 Å². The molecular weight excluding hydrogens is 312 g/mol. The third-order valence-corrected chi connectivity index (χ3v) is 5.13. The summed E-state index contributed by atoms with van der Waals surface area (Å²) in [5.74, 6) is -1.11. The first-order valence-electron chi connectivity index (χ1n) is 9.08. The number of amides is 1. The summed E-state index contributed by atoms with van der Waals surface area (Å²) in [4.78, 5) is 13.3. The Morgan fingerprint density at radius 1 is 1.00 bits per heavy atom. The first-order valence-corrected chi connectivity index (χ1v) is 9.08. The van der Waals surface area contributed by atoms with Crippen LogP contribution in [-0.2, 0) is 4.79 Å². The number of nitrogens with zero attached hydrogens (tertiary/aromatic N) is 1. The lowest BCUT2D eigenvalue weighted by Crippen LogP contribution is -2.48. The highest BCUT2D eigenvalue weighted by molar-refractivity contribution is 5.77. The molecule has 24 heavy (non-hydrogen) atoms. The van der Waals surface area contributed by atoms with Gasteiger partial charge in [-0.15, -0.1) is 0 Å². The van der Waals surface area contributed by atoms with Gasteiger partial charge in [0, 0.05) is 12.6 Å². The molecular formula is C17H34N2O5. The van der Waals surface area contributed by atoms with Crippen molar-refractivity contribution in [3.8, 4) is 0 Å². The summed E-state index contributed by atoms with van der Waals surface area (Å²) in [7, 11) is 0. The van der Waals surface area contributed by atoms with E-state index in [0.717, 1.165) is 44.9 Å². The predicted octanol–water partition coefficient (Wildman–Crippen LogP) is -0.402. The number of hydrogen-bond donors (Lipinski definition) is 5. The molecule has 0 bridgehead atoms. The summed E-state index contributed by atoms with van der Waals surface area (Å²) in [5, 5.41) is 38.6. The highest BCUT2D eigenvalue weighted by Crippen LogP contribution is 2.30. The van der Waals surface area contributed by atoms with Crippen LogP contribution in [0.2, 0.25) is 0 Å². The lowest BCUT2D eigenvalue weighted by molar-refractivity contribution is -0.124. The van der Waals surface area contributed by atoms with E-state index >= 15 is 0 Å². The average molecular weight is 346 g/mol. The zero-order valence-electron chi connectivity index (χ0n) is 14.7. The molecule has 1 aliphatic rings. The van der Waals surface area contributed by atoms with Gasteiger partial charge in [0.25, 0.3) is 0 Å². The van der Waals surface area contributed by atoms with Crippen LogP contribution < -0.4 is 5.73 Å². The van der Waals surface area contributed by atoms with Crippen molar-refractivity contribution in [1.29, 1.82) is 0 Å². The number of hydrogen-bond acceptors (Lipinski definition) is 6. The van der Waals surface area contributed by atoms with Gasteiger partial charge >= 0.3 is 0 Å². The van der Waals surface area contributed by atoms with Gasteiger partial charge in [-0.3, -0.25) is 9.69 Å². The van der Waals surface area contributed by atoms with Gasteiger partial charge in [-0.25, -0.2) is 0 Å². The summed E-state index contributed by atoms with van der Waals surface area (Å²) >= 11 is 0. The smallest absolute Gasteiger partial charge is 0.221 e. The lowest BCUT2D eigenvalue weighted by atomic mass is 9.95. The predicted molar refractivity (Wildman–Crippen MR) is 91.1 cm³/mol. The van der Waals surface area contributed by atoms with Gasteiger partial charge in [-0.2, -0.15) is 0 Å². The van der Waals surface area contributed by atoms with Crippen LogP contribution in [0, 0.1) is 5.92 Å². The van der Waals surface area contributed by atoms with Crippen molar-refractivity contribution in [3.63, 3.8) is 0 Å². The maximum absolute atomic E-state index is 11.5. The first kappa shape index (κ1) is 21.3. The largest absolute Gasteiger partial charge is 0.396 e. The molecule has 1 aliphatic heterocycles. The Hall–Kier alpha value is -0.730. The summed E-state index contributed by atoms with van der Waals surface area (Å²) in [6.07, 6.45) is 4.96. The lowest BCUT2D eigenvalue weighted by Gasteiger charge is -2.32.